The van der Waals surface area contributed by atoms with Gasteiger partial charge in [0.2, 0.25) is 5.95 Å². The van der Waals surface area contributed by atoms with Crippen LogP contribution in [0.1, 0.15) is 13.8 Å². The summed E-state index contributed by atoms with van der Waals surface area (Å²) in [5.41, 5.74) is -0.299. The number of anilines is 1. The molecule has 142 valence electrons. The molecule has 0 fully saturated rings. The number of hydrogen-bond donors (Lipinski definition) is 2. The number of benzene rings is 1. The van der Waals surface area contributed by atoms with E-state index in [1.54, 1.807) is 0 Å². The maximum atomic E-state index is 13.9. The molecule has 1 aromatic carbocycles. The zero-order chi connectivity index (χ0) is 19.6. The van der Waals surface area contributed by atoms with Gasteiger partial charge in [0.05, 0.1) is 12.6 Å². The minimum atomic E-state index is -0.935. The van der Waals surface area contributed by atoms with Crippen LogP contribution in [0.5, 0.6) is 11.5 Å². The Hall–Kier alpha value is -3.07. The molecule has 1 atom stereocenters. The van der Waals surface area contributed by atoms with Gasteiger partial charge in [-0.3, -0.25) is 9.36 Å². The van der Waals surface area contributed by atoms with Crippen LogP contribution in [0.4, 0.5) is 14.7 Å². The number of ether oxygens (including phenoxy) is 1. The van der Waals surface area contributed by atoms with Gasteiger partial charge in [-0.25, -0.2) is 13.8 Å². The van der Waals surface area contributed by atoms with Crippen molar-refractivity contribution in [2.45, 2.75) is 26.5 Å². The number of rotatable bonds is 6. The number of nitrogens with one attached hydrogen (secondary N) is 1. The molecular weight excluding hydrogens is 358 g/mol. The molecule has 3 rings (SSSR count). The van der Waals surface area contributed by atoms with Gasteiger partial charge in [0.15, 0.2) is 17.3 Å². The molecule has 1 unspecified atom stereocenters. The van der Waals surface area contributed by atoms with Gasteiger partial charge in [-0.15, -0.1) is 0 Å². The number of aliphatic hydroxyl groups excluding tert-OH is 1. The molecule has 27 heavy (non-hydrogen) atoms. The standard InChI is InChI=1S/C18H18F2N4O3/c1-3-21-18-22-8-11-6-15(27-14-5-4-12(19)7-13(14)20)17(26)24(9-10(2)25)16(11)23-18/h4-8,10,25H,3,9H2,1-2H3,(H,21,22,23). The first-order valence-electron chi connectivity index (χ1n) is 8.34. The highest BCUT2D eigenvalue weighted by Crippen LogP contribution is 2.25. The molecule has 2 heterocycles. The first kappa shape index (κ1) is 18.7. The SMILES string of the molecule is CCNc1ncc2cc(Oc3ccc(F)cc3F)c(=O)n(CC(C)O)c2n1. The summed E-state index contributed by atoms with van der Waals surface area (Å²) in [6.45, 7) is 3.96. The van der Waals surface area contributed by atoms with Crippen LogP contribution in [-0.2, 0) is 6.54 Å². The summed E-state index contributed by atoms with van der Waals surface area (Å²) < 4.78 is 33.6. The second kappa shape index (κ2) is 7.67. The van der Waals surface area contributed by atoms with Crippen LogP contribution >= 0.6 is 0 Å². The highest BCUT2D eigenvalue weighted by molar-refractivity contribution is 5.77. The molecule has 0 amide bonds. The van der Waals surface area contributed by atoms with E-state index >= 15 is 0 Å². The number of nitrogens with zero attached hydrogens (tertiary/aromatic N) is 3. The first-order valence-corrected chi connectivity index (χ1v) is 8.34. The summed E-state index contributed by atoms with van der Waals surface area (Å²) in [7, 11) is 0. The Morgan fingerprint density at radius 1 is 1.30 bits per heavy atom. The van der Waals surface area contributed by atoms with Crippen molar-refractivity contribution in [2.24, 2.45) is 0 Å². The van der Waals surface area contributed by atoms with E-state index in [1.165, 1.54) is 23.8 Å². The van der Waals surface area contributed by atoms with E-state index in [2.05, 4.69) is 15.3 Å². The van der Waals surface area contributed by atoms with Gasteiger partial charge in [0, 0.05) is 24.2 Å². The van der Waals surface area contributed by atoms with Crippen molar-refractivity contribution in [2.75, 3.05) is 11.9 Å². The summed E-state index contributed by atoms with van der Waals surface area (Å²) in [6, 6.07) is 4.17. The zero-order valence-electron chi connectivity index (χ0n) is 14.7. The Morgan fingerprint density at radius 3 is 2.74 bits per heavy atom. The van der Waals surface area contributed by atoms with Gasteiger partial charge in [-0.2, -0.15) is 4.98 Å². The number of fused-ring (bicyclic) bond motifs is 1. The van der Waals surface area contributed by atoms with Gasteiger partial charge in [-0.1, -0.05) is 0 Å². The largest absolute Gasteiger partial charge is 0.448 e. The number of hydrogen-bond acceptors (Lipinski definition) is 6. The van der Waals surface area contributed by atoms with E-state index in [0.717, 1.165) is 12.1 Å². The van der Waals surface area contributed by atoms with Crippen LogP contribution in [0, 0.1) is 11.6 Å². The van der Waals surface area contributed by atoms with Gasteiger partial charge >= 0.3 is 0 Å². The minimum absolute atomic E-state index is 0.0407. The molecule has 0 bridgehead atoms. The normalized spacial score (nSPS) is 12.2. The van der Waals surface area contributed by atoms with Gasteiger partial charge in [0.1, 0.15) is 11.5 Å². The lowest BCUT2D eigenvalue weighted by atomic mass is 10.3. The lowest BCUT2D eigenvalue weighted by Gasteiger charge is -2.15. The molecule has 7 nitrogen and oxygen atoms in total. The van der Waals surface area contributed by atoms with Gasteiger partial charge in [-0.05, 0) is 32.0 Å². The lowest BCUT2D eigenvalue weighted by Crippen LogP contribution is -2.27. The van der Waals surface area contributed by atoms with E-state index in [-0.39, 0.29) is 18.0 Å². The predicted octanol–water partition coefficient (Wildman–Crippen LogP) is 2.67. The van der Waals surface area contributed by atoms with Crippen LogP contribution in [0.2, 0.25) is 0 Å². The Morgan fingerprint density at radius 2 is 2.07 bits per heavy atom. The highest BCUT2D eigenvalue weighted by Gasteiger charge is 2.16. The number of pyridine rings is 1. The van der Waals surface area contributed by atoms with Crippen LogP contribution in [0.3, 0.4) is 0 Å². The van der Waals surface area contributed by atoms with Crippen LogP contribution in [0.15, 0.2) is 35.3 Å². The van der Waals surface area contributed by atoms with Crippen molar-refractivity contribution < 1.29 is 18.6 Å². The number of halogens is 2. The van der Waals surface area contributed by atoms with Crippen molar-refractivity contribution in [1.29, 1.82) is 0 Å². The Kier molecular flexibility index (Phi) is 5.31. The third-order valence-corrected chi connectivity index (χ3v) is 3.69. The van der Waals surface area contributed by atoms with E-state index in [0.29, 0.717) is 29.6 Å². The highest BCUT2D eigenvalue weighted by atomic mass is 19.1. The molecule has 2 N–H and O–H groups in total. The predicted molar refractivity (Wildman–Crippen MR) is 96.1 cm³/mol. The fourth-order valence-corrected chi connectivity index (χ4v) is 2.56. The Bertz CT molecular complexity index is 1040. The first-order chi connectivity index (χ1) is 12.9. The molecule has 3 aromatic rings. The van der Waals surface area contributed by atoms with Crippen LogP contribution in [0.25, 0.3) is 11.0 Å². The number of aromatic nitrogens is 3. The molecule has 0 saturated heterocycles. The monoisotopic (exact) mass is 376 g/mol. The molecule has 0 aliphatic carbocycles. The van der Waals surface area contributed by atoms with Crippen molar-refractivity contribution in [3.8, 4) is 11.5 Å². The third-order valence-electron chi connectivity index (χ3n) is 3.69. The fourth-order valence-electron chi connectivity index (χ4n) is 2.56. The smallest absolute Gasteiger partial charge is 0.295 e. The van der Waals surface area contributed by atoms with E-state index in [9.17, 15) is 18.7 Å². The van der Waals surface area contributed by atoms with E-state index < -0.39 is 23.3 Å². The number of aliphatic hydroxyl groups is 1. The molecule has 2 aromatic heterocycles. The second-order valence-corrected chi connectivity index (χ2v) is 5.95. The molecule has 0 spiro atoms. The summed E-state index contributed by atoms with van der Waals surface area (Å²) in [6.07, 6.45) is 0.660. The molecule has 0 saturated carbocycles. The quantitative estimate of drug-likeness (QED) is 0.688. The van der Waals surface area contributed by atoms with Crippen LogP contribution in [-0.4, -0.2) is 32.3 Å². The Balaban J connectivity index is 2.14. The van der Waals surface area contributed by atoms with Crippen molar-refractivity contribution >= 4 is 17.0 Å². The van der Waals surface area contributed by atoms with Crippen molar-refractivity contribution in [3.63, 3.8) is 0 Å². The molecule has 0 aliphatic heterocycles. The summed E-state index contributed by atoms with van der Waals surface area (Å²) in [4.78, 5) is 21.3. The van der Waals surface area contributed by atoms with Crippen molar-refractivity contribution in [1.82, 2.24) is 14.5 Å². The average Bonchev–Trinajstić information content (AvgIpc) is 2.61. The molecule has 0 radical (unpaired) electrons. The minimum Gasteiger partial charge on any atom is -0.448 e. The van der Waals surface area contributed by atoms with Crippen LogP contribution < -0.4 is 15.6 Å². The van der Waals surface area contributed by atoms with E-state index in [1.807, 2.05) is 6.92 Å². The summed E-state index contributed by atoms with van der Waals surface area (Å²) >= 11 is 0. The maximum absolute atomic E-state index is 13.9. The fraction of sp³-hybridized carbons (Fsp3) is 0.278. The second-order valence-electron chi connectivity index (χ2n) is 5.95. The van der Waals surface area contributed by atoms with E-state index in [4.69, 9.17) is 4.74 Å². The average molecular weight is 376 g/mol. The molecule has 0 aliphatic rings. The van der Waals surface area contributed by atoms with Gasteiger partial charge in [0.25, 0.3) is 5.56 Å². The van der Waals surface area contributed by atoms with Crippen molar-refractivity contribution in [3.05, 3.63) is 52.5 Å². The topological polar surface area (TPSA) is 89.3 Å². The summed E-state index contributed by atoms with van der Waals surface area (Å²) in [5, 5.41) is 13.2. The maximum Gasteiger partial charge on any atom is 0.295 e. The molecular formula is C18H18F2N4O3. The zero-order valence-corrected chi connectivity index (χ0v) is 14.7. The third kappa shape index (κ3) is 4.03. The lowest BCUT2D eigenvalue weighted by molar-refractivity contribution is 0.173. The van der Waals surface area contributed by atoms with Gasteiger partial charge < -0.3 is 15.2 Å². The molecule has 9 heteroatoms. The summed E-state index contributed by atoms with van der Waals surface area (Å²) in [5.74, 6) is -1.83. The Labute approximate surface area is 153 Å².